The van der Waals surface area contributed by atoms with Crippen LogP contribution in [-0.4, -0.2) is 68.0 Å². The summed E-state index contributed by atoms with van der Waals surface area (Å²) in [5.74, 6) is 0.138. The zero-order valence-electron chi connectivity index (χ0n) is 39.0. The number of aromatic nitrogens is 3. The molecule has 0 aliphatic carbocycles. The van der Waals surface area contributed by atoms with Gasteiger partial charge in [-0.05, 0) is 129 Å². The Morgan fingerprint density at radius 3 is 1.55 bits per heavy atom. The van der Waals surface area contributed by atoms with Gasteiger partial charge in [-0.2, -0.15) is 0 Å². The van der Waals surface area contributed by atoms with Crippen LogP contribution < -0.4 is 36.3 Å². The number of ether oxygens (including phenoxy) is 3. The van der Waals surface area contributed by atoms with Crippen LogP contribution in [0, 0.1) is 0 Å². The van der Waals surface area contributed by atoms with E-state index < -0.39 is 35.7 Å². The topological polar surface area (TPSA) is 237 Å². The Hall–Kier alpha value is -7.72. The zero-order chi connectivity index (χ0) is 51.2. The summed E-state index contributed by atoms with van der Waals surface area (Å²) in [6.45, 7) is 7.51. The van der Waals surface area contributed by atoms with E-state index in [0.717, 1.165) is 33.1 Å². The molecule has 0 aliphatic heterocycles. The third kappa shape index (κ3) is 15.6. The number of hydrogen-bond acceptors (Lipinski definition) is 9. The van der Waals surface area contributed by atoms with Crippen LogP contribution in [0.4, 0.5) is 0 Å². The first kappa shape index (κ1) is 52.6. The summed E-state index contributed by atoms with van der Waals surface area (Å²) in [5, 5.41) is 16.7. The Morgan fingerprint density at radius 1 is 0.606 bits per heavy atom. The van der Waals surface area contributed by atoms with Gasteiger partial charge in [0.05, 0.1) is 33.3 Å². The van der Waals surface area contributed by atoms with Gasteiger partial charge in [0.25, 0.3) is 11.8 Å². The number of imidazole rings is 1. The lowest BCUT2D eigenvalue weighted by Gasteiger charge is -2.17. The Kier molecular flexibility index (Phi) is 18.3. The lowest BCUT2D eigenvalue weighted by atomic mass is 10.0. The van der Waals surface area contributed by atoms with Crippen molar-refractivity contribution >= 4 is 80.4 Å². The summed E-state index contributed by atoms with van der Waals surface area (Å²) in [4.78, 5) is 59.0. The molecule has 15 nitrogen and oxygen atoms in total. The van der Waals surface area contributed by atoms with Gasteiger partial charge in [0.2, 0.25) is 17.1 Å². The fourth-order valence-electron chi connectivity index (χ4n) is 6.86. The van der Waals surface area contributed by atoms with Crippen LogP contribution >= 0.6 is 34.8 Å². The summed E-state index contributed by atoms with van der Waals surface area (Å²) in [5.41, 5.74) is 16.0. The van der Waals surface area contributed by atoms with Crippen molar-refractivity contribution in [3.63, 3.8) is 0 Å². The number of aromatic hydroxyl groups is 1. The molecule has 2 heterocycles. The standard InChI is InChI=1S/C27H26ClN3O4.C19H21ClN2O4.C7H5ClN2/c1-16(2)34-24-12-9-19(14-21(24)28)27(33)31-23(26(29)32)13-17-7-10-20(11-8-17)35-25-15-18-5-3-4-6-22(18)30-25;1-11(2)26-17-8-5-13(10-15(17)20)19(25)22-16(18(21)24)9-12-3-6-14(23)7-4-12;8-7-9-5-3-1-2-4-6(5)10-7/h3-12,14-16,23,30H,13H2,1-2H3,(H2,29,32)(H,31,33);3-8,10-11,16,23H,9H2,1-2H3,(H2,21,24)(H,22,25);1-4H,(H,9,10)/t23-;16-;/m00./s1. The van der Waals surface area contributed by atoms with Gasteiger partial charge in [-0.3, -0.25) is 19.2 Å². The number of carbonyl (C=O) groups is 4. The van der Waals surface area contributed by atoms with Crippen molar-refractivity contribution < 1.29 is 38.5 Å². The molecule has 0 unspecified atom stereocenters. The molecule has 0 radical (unpaired) electrons. The SMILES string of the molecule is CC(C)Oc1ccc(C(=O)N[C@@H](Cc2ccc(O)cc2)C(N)=O)cc1Cl.CC(C)Oc1ccc(C(=O)N[C@@H](Cc2ccc(Oc3cc4ccccc4[nH]3)cc2)C(N)=O)cc1Cl.Clc1nc2ccccc2[nH]1. The summed E-state index contributed by atoms with van der Waals surface area (Å²) in [6.07, 6.45) is 0.349. The number of halogens is 3. The fraction of sp³-hybridized carbons (Fsp3) is 0.189. The maximum Gasteiger partial charge on any atom is 0.251 e. The first-order valence-corrected chi connectivity index (χ1v) is 23.4. The van der Waals surface area contributed by atoms with Gasteiger partial charge in [0, 0.05) is 40.9 Å². The first-order chi connectivity index (χ1) is 33.9. The number of carbonyl (C=O) groups excluding carboxylic acids is 4. The molecule has 2 aromatic heterocycles. The highest BCUT2D eigenvalue weighted by Crippen LogP contribution is 2.29. The molecule has 18 heteroatoms. The normalized spacial score (nSPS) is 11.7. The average Bonchev–Trinajstić information content (AvgIpc) is 3.93. The van der Waals surface area contributed by atoms with Crippen molar-refractivity contribution in [3.05, 3.63) is 177 Å². The number of phenols is 1. The number of primary amides is 2. The van der Waals surface area contributed by atoms with Crippen LogP contribution in [0.3, 0.4) is 0 Å². The Balaban J connectivity index is 0.000000199. The second kappa shape index (κ2) is 24.7. The number of hydrogen-bond donors (Lipinski definition) is 7. The number of nitrogens with two attached hydrogens (primary N) is 2. The fourth-order valence-corrected chi connectivity index (χ4v) is 7.50. The minimum Gasteiger partial charge on any atom is -0.508 e. The highest BCUT2D eigenvalue weighted by atomic mass is 35.5. The average molecular weight is 1020 g/mol. The second-order valence-corrected chi connectivity index (χ2v) is 17.7. The lowest BCUT2D eigenvalue weighted by Crippen LogP contribution is -2.45. The molecule has 8 aromatic rings. The number of nitrogens with one attached hydrogen (secondary N) is 4. The van der Waals surface area contributed by atoms with Crippen LogP contribution in [0.15, 0.2) is 140 Å². The van der Waals surface area contributed by atoms with E-state index in [1.165, 1.54) is 24.3 Å². The Labute approximate surface area is 424 Å². The summed E-state index contributed by atoms with van der Waals surface area (Å²) in [7, 11) is 0. The van der Waals surface area contributed by atoms with Crippen molar-refractivity contribution in [2.75, 3.05) is 0 Å². The molecule has 4 amide bonds. The van der Waals surface area contributed by atoms with Gasteiger partial charge >= 0.3 is 0 Å². The predicted octanol–water partition coefficient (Wildman–Crippen LogP) is 10.1. The van der Waals surface area contributed by atoms with E-state index in [2.05, 4.69) is 25.6 Å². The van der Waals surface area contributed by atoms with E-state index >= 15 is 0 Å². The summed E-state index contributed by atoms with van der Waals surface area (Å²) < 4.78 is 17.0. The highest BCUT2D eigenvalue weighted by molar-refractivity contribution is 6.33. The van der Waals surface area contributed by atoms with E-state index in [0.29, 0.717) is 49.6 Å². The molecule has 0 bridgehead atoms. The smallest absolute Gasteiger partial charge is 0.251 e. The van der Waals surface area contributed by atoms with E-state index in [9.17, 15) is 24.3 Å². The van der Waals surface area contributed by atoms with Crippen molar-refractivity contribution in [2.45, 2.75) is 64.8 Å². The zero-order valence-corrected chi connectivity index (χ0v) is 41.3. The summed E-state index contributed by atoms with van der Waals surface area (Å²) in [6, 6.07) is 38.7. The Morgan fingerprint density at radius 2 is 1.08 bits per heavy atom. The van der Waals surface area contributed by atoms with E-state index in [-0.39, 0.29) is 30.8 Å². The maximum atomic E-state index is 12.7. The van der Waals surface area contributed by atoms with Crippen LogP contribution in [0.2, 0.25) is 15.3 Å². The van der Waals surface area contributed by atoms with Crippen molar-refractivity contribution in [1.29, 1.82) is 0 Å². The maximum absolute atomic E-state index is 12.7. The molecule has 0 saturated heterocycles. The van der Waals surface area contributed by atoms with E-state index in [1.54, 1.807) is 48.5 Å². The van der Waals surface area contributed by atoms with Gasteiger partial charge in [-0.1, -0.05) is 77.8 Å². The number of nitrogens with zero attached hydrogens (tertiary/aromatic N) is 1. The van der Waals surface area contributed by atoms with Crippen molar-refractivity contribution in [3.8, 4) is 28.9 Å². The largest absolute Gasteiger partial charge is 0.508 e. The van der Waals surface area contributed by atoms with Gasteiger partial charge < -0.3 is 51.4 Å². The number of benzene rings is 6. The van der Waals surface area contributed by atoms with E-state index in [4.69, 9.17) is 60.5 Å². The highest BCUT2D eigenvalue weighted by Gasteiger charge is 2.22. The number of H-pyrrole nitrogens is 2. The van der Waals surface area contributed by atoms with Gasteiger partial charge in [0.1, 0.15) is 35.1 Å². The van der Waals surface area contributed by atoms with Crippen LogP contribution in [0.25, 0.3) is 21.9 Å². The minimum atomic E-state index is -0.895. The molecule has 0 saturated carbocycles. The van der Waals surface area contributed by atoms with Gasteiger partial charge in [-0.25, -0.2) is 4.98 Å². The molecule has 9 N–H and O–H groups in total. The molecule has 0 fully saturated rings. The number of aromatic amines is 2. The van der Waals surface area contributed by atoms with Crippen LogP contribution in [-0.2, 0) is 22.4 Å². The minimum absolute atomic E-state index is 0.0447. The molecule has 2 atom stereocenters. The molecule has 368 valence electrons. The third-order valence-corrected chi connectivity index (χ3v) is 11.0. The van der Waals surface area contributed by atoms with Crippen molar-refractivity contribution in [2.24, 2.45) is 11.5 Å². The molecule has 6 aromatic carbocycles. The molecule has 0 aliphatic rings. The predicted molar refractivity (Wildman–Crippen MR) is 277 cm³/mol. The lowest BCUT2D eigenvalue weighted by molar-refractivity contribution is -0.120. The van der Waals surface area contributed by atoms with Crippen LogP contribution in [0.5, 0.6) is 28.9 Å². The second-order valence-electron chi connectivity index (χ2n) is 16.6. The van der Waals surface area contributed by atoms with E-state index in [1.807, 2.05) is 94.4 Å². The molecule has 71 heavy (non-hydrogen) atoms. The monoisotopic (exact) mass is 1020 g/mol. The summed E-state index contributed by atoms with van der Waals surface area (Å²) >= 11 is 18.0. The molecular formula is C53H52Cl3N7O8. The van der Waals surface area contributed by atoms with Gasteiger partial charge in [0.15, 0.2) is 5.88 Å². The quantitative estimate of drug-likeness (QED) is 0.0487. The number of rotatable bonds is 16. The first-order valence-electron chi connectivity index (χ1n) is 22.3. The number of amides is 4. The molecule has 0 spiro atoms. The van der Waals surface area contributed by atoms with Gasteiger partial charge in [-0.15, -0.1) is 0 Å². The molecule has 8 rings (SSSR count). The van der Waals surface area contributed by atoms with Crippen LogP contribution in [0.1, 0.15) is 59.5 Å². The number of fused-ring (bicyclic) bond motifs is 2. The number of phenolic OH excluding ortho intramolecular Hbond substituents is 1. The molecular weight excluding hydrogens is 969 g/mol. The third-order valence-electron chi connectivity index (χ3n) is 10.2. The van der Waals surface area contributed by atoms with Crippen molar-refractivity contribution in [1.82, 2.24) is 25.6 Å². The Bertz CT molecular complexity index is 3040. The number of para-hydroxylation sites is 3.